The van der Waals surface area contributed by atoms with Crippen LogP contribution in [-0.2, 0) is 16.1 Å². The number of nitrogens with zero attached hydrogens (tertiary/aromatic N) is 1. The Morgan fingerprint density at radius 3 is 3.11 bits per heavy atom. The molecule has 0 radical (unpaired) electrons. The molecule has 0 aliphatic carbocycles. The topological polar surface area (TPSA) is 62.1 Å². The number of ether oxygens (including phenoxy) is 1. The van der Waals surface area contributed by atoms with Crippen molar-refractivity contribution >= 4 is 5.97 Å². The Labute approximate surface area is 107 Å². The number of hydrogen-bond acceptors (Lipinski definition) is 4. The smallest absolute Gasteiger partial charge is 0.330 e. The molecular weight excluding hydrogens is 228 g/mol. The zero-order valence-electron chi connectivity index (χ0n) is 10.3. The van der Waals surface area contributed by atoms with Gasteiger partial charge in [0.15, 0.2) is 0 Å². The lowest BCUT2D eigenvalue weighted by atomic mass is 10.1. The van der Waals surface area contributed by atoms with Crippen LogP contribution < -0.4 is 5.32 Å². The summed E-state index contributed by atoms with van der Waals surface area (Å²) in [7, 11) is 0. The molecule has 1 N–H and O–H groups in total. The Hall–Kier alpha value is -2.12. The van der Waals surface area contributed by atoms with Crippen LogP contribution in [0.3, 0.4) is 0 Å². The van der Waals surface area contributed by atoms with Gasteiger partial charge in [-0.05, 0) is 24.6 Å². The van der Waals surface area contributed by atoms with E-state index in [1.165, 1.54) is 6.08 Å². The average Bonchev–Trinajstić information content (AvgIpc) is 2.39. The van der Waals surface area contributed by atoms with Gasteiger partial charge in [0.25, 0.3) is 0 Å². The van der Waals surface area contributed by atoms with E-state index in [9.17, 15) is 4.79 Å². The summed E-state index contributed by atoms with van der Waals surface area (Å²) in [6.45, 7) is 3.39. The highest BCUT2D eigenvalue weighted by Crippen LogP contribution is 2.03. The predicted octanol–water partition coefficient (Wildman–Crippen LogP) is 1.77. The molecule has 1 aromatic carbocycles. The molecule has 0 fully saturated rings. The number of carbonyl (C=O) groups excluding carboxylic acids is 1. The van der Waals surface area contributed by atoms with Gasteiger partial charge in [-0.15, -0.1) is 0 Å². The fourth-order valence-electron chi connectivity index (χ4n) is 1.40. The summed E-state index contributed by atoms with van der Waals surface area (Å²) < 4.78 is 4.75. The molecule has 0 unspecified atom stereocenters. The molecule has 0 aromatic heterocycles. The Bertz CT molecular complexity index is 461. The summed E-state index contributed by atoms with van der Waals surface area (Å²) in [6.07, 6.45) is 3.12. The molecule has 4 nitrogen and oxygen atoms in total. The molecule has 1 rings (SSSR count). The molecular formula is C14H16N2O2. The van der Waals surface area contributed by atoms with E-state index in [2.05, 4.69) is 11.4 Å². The molecule has 18 heavy (non-hydrogen) atoms. The van der Waals surface area contributed by atoms with Crippen molar-refractivity contribution in [1.82, 2.24) is 5.32 Å². The molecule has 0 heterocycles. The number of benzene rings is 1. The van der Waals surface area contributed by atoms with Crippen LogP contribution in [0.1, 0.15) is 18.1 Å². The first-order chi connectivity index (χ1) is 8.76. The van der Waals surface area contributed by atoms with E-state index in [1.807, 2.05) is 18.2 Å². The maximum Gasteiger partial charge on any atom is 0.330 e. The normalized spacial score (nSPS) is 10.2. The molecule has 0 aliphatic rings. The first kappa shape index (κ1) is 13.9. The van der Waals surface area contributed by atoms with Crippen molar-refractivity contribution in [3.05, 3.63) is 47.5 Å². The van der Waals surface area contributed by atoms with Gasteiger partial charge in [0.05, 0.1) is 18.2 Å². The second-order valence-corrected chi connectivity index (χ2v) is 3.60. The zero-order valence-corrected chi connectivity index (χ0v) is 10.3. The molecule has 0 atom stereocenters. The lowest BCUT2D eigenvalue weighted by Crippen LogP contribution is -2.13. The number of hydrogen-bond donors (Lipinski definition) is 1. The Morgan fingerprint density at radius 1 is 1.56 bits per heavy atom. The molecule has 1 aromatic rings. The van der Waals surface area contributed by atoms with Crippen molar-refractivity contribution in [2.45, 2.75) is 13.5 Å². The highest BCUT2D eigenvalue weighted by atomic mass is 16.5. The minimum absolute atomic E-state index is 0.328. The van der Waals surface area contributed by atoms with Crippen LogP contribution >= 0.6 is 0 Å². The maximum atomic E-state index is 11.0. The predicted molar refractivity (Wildman–Crippen MR) is 68.6 cm³/mol. The van der Waals surface area contributed by atoms with E-state index in [0.29, 0.717) is 25.3 Å². The van der Waals surface area contributed by atoms with Crippen LogP contribution in [0.4, 0.5) is 0 Å². The molecule has 94 valence electrons. The van der Waals surface area contributed by atoms with Crippen molar-refractivity contribution in [3.63, 3.8) is 0 Å². The lowest BCUT2D eigenvalue weighted by Gasteiger charge is -2.02. The van der Waals surface area contributed by atoms with Crippen LogP contribution in [0.25, 0.3) is 0 Å². The second-order valence-electron chi connectivity index (χ2n) is 3.60. The Morgan fingerprint density at radius 2 is 2.39 bits per heavy atom. The third kappa shape index (κ3) is 5.28. The number of nitrogens with one attached hydrogen (secondary N) is 1. The van der Waals surface area contributed by atoms with E-state index in [-0.39, 0.29) is 5.97 Å². The Balaban J connectivity index is 2.29. The van der Waals surface area contributed by atoms with Gasteiger partial charge in [0.1, 0.15) is 0 Å². The third-order valence-corrected chi connectivity index (χ3v) is 2.19. The third-order valence-electron chi connectivity index (χ3n) is 2.19. The van der Waals surface area contributed by atoms with Gasteiger partial charge >= 0.3 is 5.97 Å². The van der Waals surface area contributed by atoms with Crippen LogP contribution in [0.5, 0.6) is 0 Å². The van der Waals surface area contributed by atoms with E-state index < -0.39 is 0 Å². The highest BCUT2D eigenvalue weighted by Gasteiger charge is 1.95. The summed E-state index contributed by atoms with van der Waals surface area (Å²) in [4.78, 5) is 11.0. The van der Waals surface area contributed by atoms with Gasteiger partial charge in [0, 0.05) is 19.2 Å². The molecule has 0 bridgehead atoms. The fraction of sp³-hybridized carbons (Fsp3) is 0.286. The monoisotopic (exact) mass is 244 g/mol. The molecule has 4 heteroatoms. The minimum Gasteiger partial charge on any atom is -0.463 e. The van der Waals surface area contributed by atoms with E-state index in [0.717, 1.165) is 5.56 Å². The second kappa shape index (κ2) is 8.04. The molecule has 0 aliphatic heterocycles. The first-order valence-electron chi connectivity index (χ1n) is 5.79. The molecule has 0 saturated carbocycles. The largest absolute Gasteiger partial charge is 0.463 e. The summed E-state index contributed by atoms with van der Waals surface area (Å²) in [6, 6.07) is 9.50. The van der Waals surface area contributed by atoms with Gasteiger partial charge in [-0.3, -0.25) is 0 Å². The summed E-state index contributed by atoms with van der Waals surface area (Å²) >= 11 is 0. The van der Waals surface area contributed by atoms with Crippen LogP contribution in [0.2, 0.25) is 0 Å². The van der Waals surface area contributed by atoms with Gasteiger partial charge < -0.3 is 10.1 Å². The van der Waals surface area contributed by atoms with Crippen molar-refractivity contribution in [2.24, 2.45) is 0 Å². The van der Waals surface area contributed by atoms with Crippen molar-refractivity contribution < 1.29 is 9.53 Å². The molecule has 0 spiro atoms. The SMILES string of the molecule is CCOC(=O)/C=C/CNCc1cccc(C#N)c1. The minimum atomic E-state index is -0.328. The van der Waals surface area contributed by atoms with Gasteiger partial charge in [-0.25, -0.2) is 4.79 Å². The average molecular weight is 244 g/mol. The molecule has 0 saturated heterocycles. The fourth-order valence-corrected chi connectivity index (χ4v) is 1.40. The highest BCUT2D eigenvalue weighted by molar-refractivity contribution is 5.81. The van der Waals surface area contributed by atoms with E-state index in [1.54, 1.807) is 19.1 Å². The van der Waals surface area contributed by atoms with Gasteiger partial charge in [-0.2, -0.15) is 5.26 Å². The van der Waals surface area contributed by atoms with Crippen LogP contribution in [0.15, 0.2) is 36.4 Å². The van der Waals surface area contributed by atoms with Crippen LogP contribution in [0, 0.1) is 11.3 Å². The Kier molecular flexibility index (Phi) is 6.23. The number of nitriles is 1. The summed E-state index contributed by atoms with van der Waals surface area (Å²) in [5.41, 5.74) is 1.69. The van der Waals surface area contributed by atoms with Crippen LogP contribution in [-0.4, -0.2) is 19.1 Å². The van der Waals surface area contributed by atoms with Gasteiger partial charge in [0.2, 0.25) is 0 Å². The van der Waals surface area contributed by atoms with Crippen molar-refractivity contribution in [3.8, 4) is 6.07 Å². The van der Waals surface area contributed by atoms with Crippen molar-refractivity contribution in [2.75, 3.05) is 13.2 Å². The number of carbonyl (C=O) groups is 1. The van der Waals surface area contributed by atoms with E-state index >= 15 is 0 Å². The zero-order chi connectivity index (χ0) is 13.2. The summed E-state index contributed by atoms with van der Waals surface area (Å²) in [5, 5.41) is 11.9. The first-order valence-corrected chi connectivity index (χ1v) is 5.79. The van der Waals surface area contributed by atoms with Crippen molar-refractivity contribution in [1.29, 1.82) is 5.26 Å². The number of rotatable bonds is 6. The maximum absolute atomic E-state index is 11.0. The quantitative estimate of drug-likeness (QED) is 0.470. The standard InChI is InChI=1S/C14H16N2O2/c1-2-18-14(17)7-4-8-16-11-13-6-3-5-12(9-13)10-15/h3-7,9,16H,2,8,11H2,1H3/b7-4+. The summed E-state index contributed by atoms with van der Waals surface area (Å²) in [5.74, 6) is -0.328. The molecule has 0 amide bonds. The van der Waals surface area contributed by atoms with E-state index in [4.69, 9.17) is 10.00 Å². The number of esters is 1. The van der Waals surface area contributed by atoms with Gasteiger partial charge in [-0.1, -0.05) is 18.2 Å². The lowest BCUT2D eigenvalue weighted by molar-refractivity contribution is -0.137.